The highest BCUT2D eigenvalue weighted by atomic mass is 35.5. The second-order valence-corrected chi connectivity index (χ2v) is 5.07. The molecule has 1 heterocycles. The van der Waals surface area contributed by atoms with Crippen molar-refractivity contribution in [3.8, 4) is 0 Å². The van der Waals surface area contributed by atoms with E-state index in [2.05, 4.69) is 15.3 Å². The molecule has 0 amide bonds. The van der Waals surface area contributed by atoms with Crippen molar-refractivity contribution in [2.75, 3.05) is 31.0 Å². The largest absolute Gasteiger partial charge is 0.377 e. The van der Waals surface area contributed by atoms with Gasteiger partial charge in [-0.2, -0.15) is 0 Å². The van der Waals surface area contributed by atoms with Gasteiger partial charge in [-0.1, -0.05) is 11.6 Å². The zero-order valence-corrected chi connectivity index (χ0v) is 10.8. The number of methoxy groups -OCH3 is 1. The number of hydrogen-bond acceptors (Lipinski definition) is 5. The molecule has 16 heavy (non-hydrogen) atoms. The van der Waals surface area contributed by atoms with Gasteiger partial charge in [0, 0.05) is 42.5 Å². The smallest absolute Gasteiger partial charge is 0.158 e. The third-order valence-corrected chi connectivity index (χ3v) is 2.68. The monoisotopic (exact) mass is 263 g/mol. The van der Waals surface area contributed by atoms with Crippen molar-refractivity contribution in [3.05, 3.63) is 17.0 Å². The first kappa shape index (κ1) is 13.3. The van der Waals surface area contributed by atoms with Crippen LogP contribution in [-0.2, 0) is 22.1 Å². The van der Waals surface area contributed by atoms with Crippen molar-refractivity contribution < 1.29 is 8.95 Å². The minimum absolute atomic E-state index is 0.314. The highest BCUT2D eigenvalue weighted by molar-refractivity contribution is 7.84. The molecule has 1 unspecified atom stereocenters. The van der Waals surface area contributed by atoms with Crippen LogP contribution in [0.15, 0.2) is 6.07 Å². The van der Waals surface area contributed by atoms with Crippen LogP contribution in [0.25, 0.3) is 0 Å². The number of nitrogens with one attached hydrogen (secondary N) is 1. The topological polar surface area (TPSA) is 64.1 Å². The van der Waals surface area contributed by atoms with Gasteiger partial charge in [-0.25, -0.2) is 9.97 Å². The summed E-state index contributed by atoms with van der Waals surface area (Å²) in [5.74, 6) is 1.72. The molecule has 0 radical (unpaired) electrons. The fourth-order valence-electron chi connectivity index (χ4n) is 1.07. The first-order valence-electron chi connectivity index (χ1n) is 4.68. The average Bonchev–Trinajstić information content (AvgIpc) is 2.16. The molecule has 0 fully saturated rings. The van der Waals surface area contributed by atoms with Crippen LogP contribution >= 0.6 is 11.6 Å². The lowest BCUT2D eigenvalue weighted by molar-refractivity contribution is 0.178. The van der Waals surface area contributed by atoms with Gasteiger partial charge in [0.15, 0.2) is 5.82 Å². The number of nitrogens with zero attached hydrogens (tertiary/aromatic N) is 2. The fraction of sp³-hybridized carbons (Fsp3) is 0.556. The van der Waals surface area contributed by atoms with E-state index in [1.54, 1.807) is 19.4 Å². The highest BCUT2D eigenvalue weighted by Gasteiger charge is 2.02. The maximum Gasteiger partial charge on any atom is 0.158 e. The minimum atomic E-state index is -0.817. The third kappa shape index (κ3) is 4.87. The number of aromatic nitrogens is 2. The van der Waals surface area contributed by atoms with Crippen LogP contribution in [0.4, 0.5) is 5.82 Å². The Labute approximate surface area is 102 Å². The van der Waals surface area contributed by atoms with Crippen molar-refractivity contribution in [2.24, 2.45) is 0 Å². The van der Waals surface area contributed by atoms with Gasteiger partial charge < -0.3 is 10.1 Å². The maximum atomic E-state index is 10.9. The predicted molar refractivity (Wildman–Crippen MR) is 65.2 cm³/mol. The van der Waals surface area contributed by atoms with E-state index in [1.165, 1.54) is 0 Å². The first-order chi connectivity index (χ1) is 7.61. The molecule has 0 aromatic carbocycles. The van der Waals surface area contributed by atoms with E-state index >= 15 is 0 Å². The fourth-order valence-corrected chi connectivity index (χ4v) is 1.66. The van der Waals surface area contributed by atoms with Crippen molar-refractivity contribution >= 4 is 28.2 Å². The lowest BCUT2D eigenvalue weighted by Gasteiger charge is -2.06. The summed E-state index contributed by atoms with van der Waals surface area (Å²) in [5.41, 5.74) is 0. The van der Waals surface area contributed by atoms with E-state index in [4.69, 9.17) is 16.3 Å². The second-order valence-electron chi connectivity index (χ2n) is 3.13. The third-order valence-electron chi connectivity index (χ3n) is 1.71. The summed E-state index contributed by atoms with van der Waals surface area (Å²) in [5, 5.41) is 3.39. The molecule has 0 bridgehead atoms. The second kappa shape index (κ2) is 6.78. The van der Waals surface area contributed by atoms with Crippen molar-refractivity contribution in [2.45, 2.75) is 6.61 Å². The molecule has 1 rings (SSSR count). The molecule has 7 heteroatoms. The first-order valence-corrected chi connectivity index (χ1v) is 6.78. The summed E-state index contributed by atoms with van der Waals surface area (Å²) in [6, 6.07) is 1.62. The molecule has 1 aromatic rings. The number of rotatable bonds is 6. The summed E-state index contributed by atoms with van der Waals surface area (Å²) in [6.07, 6.45) is 1.66. The van der Waals surface area contributed by atoms with Gasteiger partial charge in [-0.3, -0.25) is 4.21 Å². The molecule has 1 atom stereocenters. The molecule has 5 nitrogen and oxygen atoms in total. The normalized spacial score (nSPS) is 12.4. The van der Waals surface area contributed by atoms with Crippen LogP contribution in [0.3, 0.4) is 0 Å². The van der Waals surface area contributed by atoms with E-state index in [0.29, 0.717) is 35.7 Å². The Kier molecular flexibility index (Phi) is 5.65. The summed E-state index contributed by atoms with van der Waals surface area (Å²) in [4.78, 5) is 8.19. The number of hydrogen-bond donors (Lipinski definition) is 1. The summed E-state index contributed by atoms with van der Waals surface area (Å²) >= 11 is 5.82. The van der Waals surface area contributed by atoms with Crippen molar-refractivity contribution in [1.29, 1.82) is 0 Å². The summed E-state index contributed by atoms with van der Waals surface area (Å²) in [6.45, 7) is 0.901. The van der Waals surface area contributed by atoms with Crippen LogP contribution in [0.5, 0.6) is 0 Å². The van der Waals surface area contributed by atoms with E-state index in [0.717, 1.165) is 0 Å². The van der Waals surface area contributed by atoms with E-state index in [9.17, 15) is 4.21 Å². The Morgan fingerprint density at radius 1 is 1.56 bits per heavy atom. The Balaban J connectivity index is 2.61. The zero-order chi connectivity index (χ0) is 12.0. The predicted octanol–water partition coefficient (Wildman–Crippen LogP) is 1.07. The van der Waals surface area contributed by atoms with Crippen LogP contribution in [0, 0.1) is 0 Å². The Bertz CT molecular complexity index is 376. The summed E-state index contributed by atoms with van der Waals surface area (Å²) in [7, 11) is 0.750. The maximum absolute atomic E-state index is 10.9. The molecule has 0 spiro atoms. The summed E-state index contributed by atoms with van der Waals surface area (Å²) < 4.78 is 15.8. The van der Waals surface area contributed by atoms with E-state index in [1.807, 2.05) is 0 Å². The zero-order valence-electron chi connectivity index (χ0n) is 9.20. The van der Waals surface area contributed by atoms with Crippen molar-refractivity contribution in [1.82, 2.24) is 9.97 Å². The van der Waals surface area contributed by atoms with Crippen LogP contribution in [0.1, 0.15) is 5.82 Å². The minimum Gasteiger partial charge on any atom is -0.377 e. The average molecular weight is 264 g/mol. The number of halogens is 1. The van der Waals surface area contributed by atoms with Gasteiger partial charge in [0.2, 0.25) is 0 Å². The Morgan fingerprint density at radius 3 is 2.94 bits per heavy atom. The van der Waals surface area contributed by atoms with Crippen molar-refractivity contribution in [3.63, 3.8) is 0 Å². The molecule has 0 aliphatic carbocycles. The highest BCUT2D eigenvalue weighted by Crippen LogP contribution is 2.11. The number of anilines is 1. The van der Waals surface area contributed by atoms with Gasteiger partial charge >= 0.3 is 0 Å². The SMILES string of the molecule is COCc1nc(Cl)cc(NCCS(C)=O)n1. The van der Waals surface area contributed by atoms with Gasteiger partial charge in [0.05, 0.1) is 0 Å². The van der Waals surface area contributed by atoms with Gasteiger partial charge in [-0.05, 0) is 0 Å². The molecule has 0 aliphatic heterocycles. The van der Waals surface area contributed by atoms with Crippen LogP contribution in [0.2, 0.25) is 5.15 Å². The molecular weight excluding hydrogens is 250 g/mol. The number of ether oxygens (including phenoxy) is 1. The molecule has 0 saturated heterocycles. The van der Waals surface area contributed by atoms with Gasteiger partial charge in [0.25, 0.3) is 0 Å². The van der Waals surface area contributed by atoms with E-state index < -0.39 is 10.8 Å². The Hall–Kier alpha value is -0.720. The molecule has 1 N–H and O–H groups in total. The standard InChI is InChI=1S/C9H14ClN3O2S/c1-15-6-9-12-7(10)5-8(13-9)11-3-4-16(2)14/h5H,3-4,6H2,1-2H3,(H,11,12,13). The van der Waals surface area contributed by atoms with Crippen LogP contribution < -0.4 is 5.32 Å². The van der Waals surface area contributed by atoms with E-state index in [-0.39, 0.29) is 0 Å². The van der Waals surface area contributed by atoms with Gasteiger partial charge in [-0.15, -0.1) is 0 Å². The molecule has 1 aromatic heterocycles. The molecule has 0 aliphatic rings. The molecular formula is C9H14ClN3O2S. The molecule has 0 saturated carbocycles. The van der Waals surface area contributed by atoms with Crippen LogP contribution in [-0.4, -0.2) is 39.8 Å². The Morgan fingerprint density at radius 2 is 2.31 bits per heavy atom. The lowest BCUT2D eigenvalue weighted by atomic mass is 10.5. The van der Waals surface area contributed by atoms with Gasteiger partial charge in [0.1, 0.15) is 17.6 Å². The lowest BCUT2D eigenvalue weighted by Crippen LogP contribution is -2.12. The molecule has 90 valence electrons. The quantitative estimate of drug-likeness (QED) is 0.778.